The Hall–Kier alpha value is 0.640. The molecule has 0 bridgehead atoms. The maximum Gasteiger partial charge on any atom is 0.484 e. The first kappa shape index (κ1) is 18.7. The van der Waals surface area contributed by atoms with E-state index in [-0.39, 0.29) is 15.6 Å². The summed E-state index contributed by atoms with van der Waals surface area (Å²) in [4.78, 5) is 26.1. The highest BCUT2D eigenvalue weighted by Gasteiger charge is 2.43. The van der Waals surface area contributed by atoms with Crippen molar-refractivity contribution >= 4 is 62.0 Å². The molecule has 1 aromatic rings. The first-order valence-electron chi connectivity index (χ1n) is 4.47. The first-order chi connectivity index (χ1) is 8.84. The van der Waals surface area contributed by atoms with E-state index in [2.05, 4.69) is 8.83 Å². The third-order valence-corrected chi connectivity index (χ3v) is 5.48. The van der Waals surface area contributed by atoms with Crippen molar-refractivity contribution in [2.45, 2.75) is 4.52 Å². The zero-order valence-electron chi connectivity index (χ0n) is 9.11. The van der Waals surface area contributed by atoms with Crippen LogP contribution in [0.5, 0.6) is 0 Å². The summed E-state index contributed by atoms with van der Waals surface area (Å²) in [6.45, 7) is 0. The number of phosphoric acid groups is 2. The zero-order chi connectivity index (χ0) is 15.8. The van der Waals surface area contributed by atoms with Crippen molar-refractivity contribution < 1.29 is 32.6 Å². The Balaban J connectivity index is 3.09. The molecule has 1 aromatic carbocycles. The molecule has 0 spiro atoms. The van der Waals surface area contributed by atoms with Crippen LogP contribution in [0.25, 0.3) is 0 Å². The fourth-order valence-electron chi connectivity index (χ4n) is 1.07. The van der Waals surface area contributed by atoms with Crippen molar-refractivity contribution in [2.75, 3.05) is 0 Å². The number of hydrogen-bond donors (Lipinski definition) is 3. The van der Waals surface area contributed by atoms with Crippen molar-refractivity contribution in [3.63, 3.8) is 0 Å². The summed E-state index contributed by atoms with van der Waals surface area (Å²) in [6.07, 6.45) is 0. The Kier molecular flexibility index (Phi) is 5.99. The Labute approximate surface area is 133 Å². The van der Waals surface area contributed by atoms with Gasteiger partial charge in [-0.05, 0) is 6.07 Å². The van der Waals surface area contributed by atoms with Crippen LogP contribution in [0.1, 0.15) is 5.56 Å². The van der Waals surface area contributed by atoms with Gasteiger partial charge in [-0.15, -0.1) is 0 Å². The zero-order valence-corrected chi connectivity index (χ0v) is 13.9. The Morgan fingerprint density at radius 2 is 1.65 bits per heavy atom. The van der Waals surface area contributed by atoms with E-state index in [0.717, 1.165) is 0 Å². The highest BCUT2D eigenvalue weighted by molar-refractivity contribution is 7.60. The monoisotopic (exact) mass is 404 g/mol. The number of phosphoric ester groups is 1. The Morgan fingerprint density at radius 1 is 1.10 bits per heavy atom. The lowest BCUT2D eigenvalue weighted by Crippen LogP contribution is -2.15. The molecule has 0 aliphatic rings. The highest BCUT2D eigenvalue weighted by Crippen LogP contribution is 2.62. The molecule has 0 aliphatic heterocycles. The van der Waals surface area contributed by atoms with E-state index in [1.807, 2.05) is 0 Å². The molecular formula is C7H6Cl4O7P2. The summed E-state index contributed by atoms with van der Waals surface area (Å²) < 4.78 is 27.3. The van der Waals surface area contributed by atoms with Crippen LogP contribution >= 0.6 is 62.0 Å². The van der Waals surface area contributed by atoms with Gasteiger partial charge in [-0.1, -0.05) is 58.5 Å². The van der Waals surface area contributed by atoms with E-state index >= 15 is 0 Å². The molecule has 0 heterocycles. The van der Waals surface area contributed by atoms with Crippen molar-refractivity contribution in [2.24, 2.45) is 0 Å². The molecular weight excluding hydrogens is 400 g/mol. The van der Waals surface area contributed by atoms with Crippen LogP contribution in [0.3, 0.4) is 0 Å². The van der Waals surface area contributed by atoms with Gasteiger partial charge < -0.3 is 14.7 Å². The summed E-state index contributed by atoms with van der Waals surface area (Å²) in [5, 5.41) is -0.141. The van der Waals surface area contributed by atoms with Crippen LogP contribution in [-0.2, 0) is 22.5 Å². The van der Waals surface area contributed by atoms with Gasteiger partial charge in [-0.25, -0.2) is 13.7 Å². The van der Waals surface area contributed by atoms with E-state index in [1.54, 1.807) is 0 Å². The fourth-order valence-corrected chi connectivity index (χ4v) is 4.04. The topological polar surface area (TPSA) is 113 Å². The van der Waals surface area contributed by atoms with Gasteiger partial charge in [-0.2, -0.15) is 4.31 Å². The van der Waals surface area contributed by atoms with E-state index in [0.29, 0.717) is 0 Å². The average Bonchev–Trinajstić information content (AvgIpc) is 2.15. The van der Waals surface area contributed by atoms with E-state index in [4.69, 9.17) is 56.2 Å². The third kappa shape index (κ3) is 5.44. The van der Waals surface area contributed by atoms with Crippen molar-refractivity contribution in [3.8, 4) is 0 Å². The lowest BCUT2D eigenvalue weighted by atomic mass is 10.2. The predicted molar refractivity (Wildman–Crippen MR) is 73.9 cm³/mol. The average molecular weight is 406 g/mol. The maximum atomic E-state index is 11.4. The standard InChI is InChI=1S/C7H6Cl4O7P2/c8-5-3-1-2-4(6(5)9)7(10,11)17-20(15,16)18-19(12,13)14/h1-3H,(H,15,16)(H2,12,13,14). The van der Waals surface area contributed by atoms with E-state index in [9.17, 15) is 14.0 Å². The maximum absolute atomic E-state index is 11.4. The highest BCUT2D eigenvalue weighted by atomic mass is 35.5. The molecule has 0 aromatic heterocycles. The SMILES string of the molecule is O=P(O)(O)OP(=O)(O)OC(Cl)(Cl)c1cccc(Cl)c1Cl. The molecule has 0 aliphatic carbocycles. The Bertz CT molecular complexity index is 601. The lowest BCUT2D eigenvalue weighted by Gasteiger charge is -2.24. The molecule has 0 radical (unpaired) electrons. The minimum absolute atomic E-state index is 0.0297. The second kappa shape index (κ2) is 6.41. The van der Waals surface area contributed by atoms with Crippen LogP contribution in [0.4, 0.5) is 0 Å². The summed E-state index contributed by atoms with van der Waals surface area (Å²) in [5.41, 5.74) is -0.210. The third-order valence-electron chi connectivity index (χ3n) is 1.70. The van der Waals surface area contributed by atoms with E-state index < -0.39 is 20.2 Å². The van der Waals surface area contributed by atoms with Crippen molar-refractivity contribution in [3.05, 3.63) is 33.8 Å². The molecule has 1 unspecified atom stereocenters. The minimum Gasteiger partial charge on any atom is -0.302 e. The molecule has 20 heavy (non-hydrogen) atoms. The number of rotatable bonds is 5. The fraction of sp³-hybridized carbons (Fsp3) is 0.143. The van der Waals surface area contributed by atoms with Crippen LogP contribution in [0.2, 0.25) is 10.0 Å². The lowest BCUT2D eigenvalue weighted by molar-refractivity contribution is 0.146. The number of alkyl halides is 2. The number of hydrogen-bond acceptors (Lipinski definition) is 4. The summed E-state index contributed by atoms with van der Waals surface area (Å²) in [5.74, 6) is 0. The van der Waals surface area contributed by atoms with Gasteiger partial charge in [0.25, 0.3) is 4.52 Å². The smallest absolute Gasteiger partial charge is 0.302 e. The van der Waals surface area contributed by atoms with Crippen molar-refractivity contribution in [1.82, 2.24) is 0 Å². The largest absolute Gasteiger partial charge is 0.484 e. The van der Waals surface area contributed by atoms with Gasteiger partial charge in [0.2, 0.25) is 0 Å². The van der Waals surface area contributed by atoms with E-state index in [1.165, 1.54) is 18.2 Å². The summed E-state index contributed by atoms with van der Waals surface area (Å²) in [7, 11) is -10.6. The quantitative estimate of drug-likeness (QED) is 0.504. The molecule has 0 fully saturated rings. The van der Waals surface area contributed by atoms with Gasteiger partial charge in [0.15, 0.2) is 0 Å². The second-order valence-corrected chi connectivity index (χ2v) is 8.05. The number of halogens is 4. The van der Waals surface area contributed by atoms with Crippen LogP contribution in [0.15, 0.2) is 18.2 Å². The molecule has 114 valence electrons. The molecule has 7 nitrogen and oxygen atoms in total. The molecule has 13 heteroatoms. The van der Waals surface area contributed by atoms with Crippen LogP contribution in [-0.4, -0.2) is 14.7 Å². The predicted octanol–water partition coefficient (Wildman–Crippen LogP) is 3.81. The first-order valence-corrected chi connectivity index (χ1v) is 9.00. The van der Waals surface area contributed by atoms with Crippen LogP contribution < -0.4 is 0 Å². The molecule has 1 atom stereocenters. The molecule has 0 amide bonds. The van der Waals surface area contributed by atoms with Crippen molar-refractivity contribution in [1.29, 1.82) is 0 Å². The normalized spacial score (nSPS) is 15.9. The molecule has 3 N–H and O–H groups in total. The van der Waals surface area contributed by atoms with Gasteiger partial charge in [0.05, 0.1) is 10.0 Å². The Morgan fingerprint density at radius 3 is 2.15 bits per heavy atom. The minimum atomic E-state index is -5.30. The van der Waals surface area contributed by atoms with Gasteiger partial charge in [-0.3, -0.25) is 0 Å². The second-order valence-electron chi connectivity index (χ2n) is 3.25. The summed E-state index contributed by atoms with van der Waals surface area (Å²) in [6, 6.07) is 3.99. The molecule has 0 saturated heterocycles. The molecule has 1 rings (SSSR count). The van der Waals surface area contributed by atoms with Gasteiger partial charge >= 0.3 is 15.6 Å². The molecule has 0 saturated carbocycles. The van der Waals surface area contributed by atoms with Gasteiger partial charge in [0.1, 0.15) is 0 Å². The van der Waals surface area contributed by atoms with Gasteiger partial charge in [0, 0.05) is 5.56 Å². The number of benzene rings is 1. The van der Waals surface area contributed by atoms with Crippen LogP contribution in [0, 0.1) is 0 Å². The summed E-state index contributed by atoms with van der Waals surface area (Å²) >= 11 is 22.9.